The highest BCUT2D eigenvalue weighted by Crippen LogP contribution is 2.25. The van der Waals surface area contributed by atoms with Crippen LogP contribution >= 0.6 is 27.3 Å². The maximum absolute atomic E-state index is 5.03. The van der Waals surface area contributed by atoms with Crippen molar-refractivity contribution in [2.45, 2.75) is 33.4 Å². The van der Waals surface area contributed by atoms with Crippen molar-refractivity contribution in [2.75, 3.05) is 0 Å². The third kappa shape index (κ3) is 4.60. The molecule has 148 valence electrons. The Bertz CT molecular complexity index is 1150. The van der Waals surface area contributed by atoms with E-state index in [2.05, 4.69) is 91.7 Å². The summed E-state index contributed by atoms with van der Waals surface area (Å²) >= 11 is 5.23. The van der Waals surface area contributed by atoms with Crippen molar-refractivity contribution in [3.8, 4) is 11.3 Å². The lowest BCUT2D eigenvalue weighted by Gasteiger charge is -2.10. The molecule has 0 saturated carbocycles. The molecular formula is C23H23BrN4S. The molecule has 4 nitrogen and oxygen atoms in total. The summed E-state index contributed by atoms with van der Waals surface area (Å²) in [6, 6.07) is 14.8. The summed E-state index contributed by atoms with van der Waals surface area (Å²) < 4.78 is 5.55. The fraction of sp³-hybridized carbons (Fsp3) is 0.217. The summed E-state index contributed by atoms with van der Waals surface area (Å²) in [4.78, 5) is 10.2. The van der Waals surface area contributed by atoms with Gasteiger partial charge in [0.1, 0.15) is 0 Å². The van der Waals surface area contributed by atoms with Crippen LogP contribution < -0.4 is 4.80 Å². The largest absolute Gasteiger partial charge is 0.337 e. The van der Waals surface area contributed by atoms with Gasteiger partial charge in [-0.2, -0.15) is 0 Å². The van der Waals surface area contributed by atoms with Crippen molar-refractivity contribution < 1.29 is 0 Å². The Labute approximate surface area is 183 Å². The van der Waals surface area contributed by atoms with Crippen molar-refractivity contribution in [3.05, 3.63) is 87.0 Å². The molecule has 0 atom stereocenters. The molecule has 0 N–H and O–H groups in total. The second-order valence-corrected chi connectivity index (χ2v) is 8.80. The predicted octanol–water partition coefficient (Wildman–Crippen LogP) is 6.12. The van der Waals surface area contributed by atoms with Crippen LogP contribution in [-0.4, -0.2) is 14.1 Å². The Morgan fingerprint density at radius 1 is 1.07 bits per heavy atom. The third-order valence-corrected chi connectivity index (χ3v) is 6.48. The monoisotopic (exact) mass is 466 g/mol. The Morgan fingerprint density at radius 3 is 2.66 bits per heavy atom. The zero-order chi connectivity index (χ0) is 20.2. The van der Waals surface area contributed by atoms with Crippen LogP contribution in [0.5, 0.6) is 0 Å². The lowest BCUT2D eigenvalue weighted by Crippen LogP contribution is -2.17. The van der Waals surface area contributed by atoms with Crippen LogP contribution in [0.25, 0.3) is 11.3 Å². The van der Waals surface area contributed by atoms with Gasteiger partial charge in [-0.25, -0.2) is 9.98 Å². The number of imidazole rings is 1. The number of thiazole rings is 1. The average Bonchev–Trinajstić information content (AvgIpc) is 3.37. The highest BCUT2D eigenvalue weighted by atomic mass is 79.9. The van der Waals surface area contributed by atoms with Gasteiger partial charge in [-0.3, -0.25) is 0 Å². The van der Waals surface area contributed by atoms with Crippen molar-refractivity contribution in [3.63, 3.8) is 0 Å². The Kier molecular flexibility index (Phi) is 6.11. The Morgan fingerprint density at radius 2 is 1.90 bits per heavy atom. The molecule has 0 aliphatic rings. The van der Waals surface area contributed by atoms with E-state index < -0.39 is 0 Å². The van der Waals surface area contributed by atoms with Gasteiger partial charge in [-0.15, -0.1) is 11.3 Å². The second kappa shape index (κ2) is 8.93. The standard InChI is InChI=1S/C23H23BrN4S/c1-17-5-3-6-21(18(17)2)26-23-28(13-4-12-27-14-11-25-16-27)22(15-29-23)19-7-9-20(24)10-8-19/h3,5-11,14-16H,4,12-13H2,1-2H3. The number of benzene rings is 2. The van der Waals surface area contributed by atoms with E-state index >= 15 is 0 Å². The number of nitrogens with zero attached hydrogens (tertiary/aromatic N) is 4. The minimum Gasteiger partial charge on any atom is -0.337 e. The topological polar surface area (TPSA) is 35.1 Å². The van der Waals surface area contributed by atoms with Gasteiger partial charge in [0.15, 0.2) is 4.80 Å². The van der Waals surface area contributed by atoms with Gasteiger partial charge in [0.05, 0.1) is 17.7 Å². The molecule has 0 radical (unpaired) electrons. The molecule has 0 spiro atoms. The zero-order valence-electron chi connectivity index (χ0n) is 16.5. The lowest BCUT2D eigenvalue weighted by molar-refractivity contribution is 0.559. The molecule has 6 heteroatoms. The van der Waals surface area contributed by atoms with Crippen LogP contribution in [0.1, 0.15) is 17.5 Å². The van der Waals surface area contributed by atoms with E-state index in [0.29, 0.717) is 0 Å². The fourth-order valence-corrected chi connectivity index (χ4v) is 4.49. The van der Waals surface area contributed by atoms with Gasteiger partial charge in [-0.1, -0.05) is 40.2 Å². The van der Waals surface area contributed by atoms with E-state index in [-0.39, 0.29) is 0 Å². The molecule has 0 aliphatic heterocycles. The number of halogens is 1. The van der Waals surface area contributed by atoms with Crippen molar-refractivity contribution in [1.29, 1.82) is 0 Å². The summed E-state index contributed by atoms with van der Waals surface area (Å²) in [5.74, 6) is 0. The average molecular weight is 467 g/mol. The molecule has 0 amide bonds. The van der Waals surface area contributed by atoms with E-state index in [0.717, 1.165) is 34.5 Å². The van der Waals surface area contributed by atoms with Crippen LogP contribution in [0.4, 0.5) is 5.69 Å². The predicted molar refractivity (Wildman–Crippen MR) is 123 cm³/mol. The summed E-state index contributed by atoms with van der Waals surface area (Å²) in [5.41, 5.74) is 5.95. The minimum absolute atomic E-state index is 0.900. The maximum Gasteiger partial charge on any atom is 0.190 e. The Balaban J connectivity index is 1.73. The second-order valence-electron chi connectivity index (χ2n) is 7.05. The molecule has 2 aromatic carbocycles. The fourth-order valence-electron chi connectivity index (χ4n) is 3.28. The first kappa shape index (κ1) is 19.9. The van der Waals surface area contributed by atoms with Gasteiger partial charge >= 0.3 is 0 Å². The van der Waals surface area contributed by atoms with Crippen LogP contribution in [0, 0.1) is 13.8 Å². The lowest BCUT2D eigenvalue weighted by atomic mass is 10.1. The van der Waals surface area contributed by atoms with E-state index in [1.807, 2.05) is 18.7 Å². The molecule has 0 unspecified atom stereocenters. The van der Waals surface area contributed by atoms with Crippen molar-refractivity contribution >= 4 is 33.0 Å². The quantitative estimate of drug-likeness (QED) is 0.337. The summed E-state index contributed by atoms with van der Waals surface area (Å²) in [7, 11) is 0. The molecule has 29 heavy (non-hydrogen) atoms. The van der Waals surface area contributed by atoms with Gasteiger partial charge in [0.25, 0.3) is 0 Å². The van der Waals surface area contributed by atoms with Crippen LogP contribution in [0.15, 0.2) is 76.0 Å². The van der Waals surface area contributed by atoms with Crippen molar-refractivity contribution in [1.82, 2.24) is 14.1 Å². The first-order chi connectivity index (χ1) is 14.1. The van der Waals surface area contributed by atoms with E-state index in [4.69, 9.17) is 4.99 Å². The van der Waals surface area contributed by atoms with Gasteiger partial charge in [0.2, 0.25) is 0 Å². The van der Waals surface area contributed by atoms with Gasteiger partial charge in [0, 0.05) is 35.3 Å². The molecule has 4 aromatic rings. The number of rotatable bonds is 6. The molecule has 4 rings (SSSR count). The molecule has 0 aliphatic carbocycles. The molecule has 0 fully saturated rings. The summed E-state index contributed by atoms with van der Waals surface area (Å²) in [6.45, 7) is 6.11. The Hall–Kier alpha value is -2.44. The van der Waals surface area contributed by atoms with Gasteiger partial charge in [-0.05, 0) is 55.2 Å². The highest BCUT2D eigenvalue weighted by molar-refractivity contribution is 9.10. The summed E-state index contributed by atoms with van der Waals surface area (Å²) in [5, 5.41) is 2.21. The van der Waals surface area contributed by atoms with Gasteiger partial charge < -0.3 is 9.13 Å². The highest BCUT2D eigenvalue weighted by Gasteiger charge is 2.09. The van der Waals surface area contributed by atoms with Crippen LogP contribution in [0.3, 0.4) is 0 Å². The van der Waals surface area contributed by atoms with E-state index in [9.17, 15) is 0 Å². The molecular weight excluding hydrogens is 444 g/mol. The number of hydrogen-bond donors (Lipinski definition) is 0. The van der Waals surface area contributed by atoms with Crippen LogP contribution in [0.2, 0.25) is 0 Å². The van der Waals surface area contributed by atoms with Crippen molar-refractivity contribution in [2.24, 2.45) is 4.99 Å². The maximum atomic E-state index is 5.03. The number of hydrogen-bond acceptors (Lipinski definition) is 3. The number of aromatic nitrogens is 3. The van der Waals surface area contributed by atoms with E-state index in [1.54, 1.807) is 11.3 Å². The van der Waals surface area contributed by atoms with Crippen LogP contribution in [-0.2, 0) is 13.1 Å². The first-order valence-corrected chi connectivity index (χ1v) is 11.3. The molecule has 2 heterocycles. The van der Waals surface area contributed by atoms with E-state index in [1.165, 1.54) is 22.4 Å². The molecule has 0 saturated heterocycles. The smallest absolute Gasteiger partial charge is 0.190 e. The first-order valence-electron chi connectivity index (χ1n) is 9.63. The molecule has 0 bridgehead atoms. The number of aryl methyl sites for hydroxylation is 2. The normalized spacial score (nSPS) is 11.9. The minimum atomic E-state index is 0.900. The third-order valence-electron chi connectivity index (χ3n) is 5.09. The summed E-state index contributed by atoms with van der Waals surface area (Å²) in [6.07, 6.45) is 6.72. The zero-order valence-corrected chi connectivity index (χ0v) is 18.9. The molecule has 2 aromatic heterocycles. The SMILES string of the molecule is Cc1cccc(N=c2scc(-c3ccc(Br)cc3)n2CCCn2ccnc2)c1C.